The molecule has 1 saturated heterocycles. The highest BCUT2D eigenvalue weighted by molar-refractivity contribution is 14.0. The number of guanidine groups is 1. The van der Waals surface area contributed by atoms with Crippen molar-refractivity contribution in [2.24, 2.45) is 4.99 Å². The van der Waals surface area contributed by atoms with Crippen LogP contribution in [-0.4, -0.2) is 60.1 Å². The van der Waals surface area contributed by atoms with Crippen LogP contribution in [0.4, 0.5) is 14.7 Å². The molecule has 1 aromatic heterocycles. The van der Waals surface area contributed by atoms with Crippen LogP contribution in [-0.2, 0) is 6.42 Å². The number of aliphatic imine (C=N–C) groups is 1. The zero-order valence-electron chi connectivity index (χ0n) is 15.8. The second-order valence-electron chi connectivity index (χ2n) is 6.22. The Morgan fingerprint density at radius 1 is 1.11 bits per heavy atom. The average molecular weight is 502 g/mol. The van der Waals surface area contributed by atoms with Gasteiger partial charge in [-0.2, -0.15) is 0 Å². The molecule has 0 bridgehead atoms. The van der Waals surface area contributed by atoms with E-state index in [0.29, 0.717) is 18.5 Å². The summed E-state index contributed by atoms with van der Waals surface area (Å²) < 4.78 is 27.1. The van der Waals surface area contributed by atoms with E-state index in [9.17, 15) is 8.78 Å². The maximum atomic E-state index is 13.8. The fourth-order valence-corrected chi connectivity index (χ4v) is 3.02. The van der Waals surface area contributed by atoms with E-state index in [0.717, 1.165) is 50.7 Å². The van der Waals surface area contributed by atoms with Gasteiger partial charge in [0.1, 0.15) is 0 Å². The Hall–Kier alpha value is -2.04. The van der Waals surface area contributed by atoms with Crippen molar-refractivity contribution >= 4 is 35.9 Å². The van der Waals surface area contributed by atoms with Gasteiger partial charge in [0, 0.05) is 51.7 Å². The van der Waals surface area contributed by atoms with Crippen molar-refractivity contribution in [1.82, 2.24) is 20.2 Å². The van der Waals surface area contributed by atoms with Crippen molar-refractivity contribution in [2.75, 3.05) is 44.2 Å². The number of benzene rings is 1. The van der Waals surface area contributed by atoms with Gasteiger partial charge in [-0.1, -0.05) is 12.1 Å². The average Bonchev–Trinajstić information content (AvgIpc) is 2.71. The Bertz CT molecular complexity index is 766. The van der Waals surface area contributed by atoms with E-state index < -0.39 is 11.6 Å². The van der Waals surface area contributed by atoms with E-state index in [1.54, 1.807) is 24.5 Å². The van der Waals surface area contributed by atoms with Crippen LogP contribution in [0.2, 0.25) is 0 Å². The summed E-state index contributed by atoms with van der Waals surface area (Å²) in [5.74, 6) is -0.0691. The number of piperazine rings is 1. The van der Waals surface area contributed by atoms with Gasteiger partial charge in [0.05, 0.1) is 0 Å². The highest BCUT2D eigenvalue weighted by atomic mass is 127. The van der Waals surface area contributed by atoms with Crippen molar-refractivity contribution in [2.45, 2.75) is 13.3 Å². The van der Waals surface area contributed by atoms with Crippen molar-refractivity contribution in [3.05, 3.63) is 53.9 Å². The fourth-order valence-electron chi connectivity index (χ4n) is 3.02. The van der Waals surface area contributed by atoms with E-state index in [-0.39, 0.29) is 24.0 Å². The molecule has 28 heavy (non-hydrogen) atoms. The van der Waals surface area contributed by atoms with Crippen LogP contribution in [0.5, 0.6) is 0 Å². The van der Waals surface area contributed by atoms with Crippen LogP contribution in [0.25, 0.3) is 0 Å². The van der Waals surface area contributed by atoms with E-state index in [1.807, 2.05) is 6.92 Å². The lowest BCUT2D eigenvalue weighted by Crippen LogP contribution is -2.53. The lowest BCUT2D eigenvalue weighted by molar-refractivity contribution is 0.370. The molecular formula is C19H25F2IN6. The maximum Gasteiger partial charge on any atom is 0.225 e. The third-order valence-corrected chi connectivity index (χ3v) is 4.42. The Kier molecular flexibility index (Phi) is 8.81. The molecule has 3 rings (SSSR count). The van der Waals surface area contributed by atoms with Gasteiger partial charge in [0.2, 0.25) is 5.95 Å². The first-order chi connectivity index (χ1) is 13.2. The summed E-state index contributed by atoms with van der Waals surface area (Å²) in [6.07, 6.45) is 3.84. The number of aromatic nitrogens is 2. The molecule has 0 saturated carbocycles. The normalized spacial score (nSPS) is 14.6. The topological polar surface area (TPSA) is 56.7 Å². The predicted octanol–water partition coefficient (Wildman–Crippen LogP) is 2.70. The van der Waals surface area contributed by atoms with Crippen LogP contribution in [0.1, 0.15) is 12.5 Å². The standard InChI is InChI=1S/C19H24F2N6.HI/c1-2-22-18(25-10-7-15-5-3-6-16(20)17(15)21)26-11-13-27(14-12-26)19-23-8-4-9-24-19;/h3-6,8-9H,2,7,10-14H2,1H3,(H,22,25);1H. The van der Waals surface area contributed by atoms with Crippen LogP contribution in [0, 0.1) is 11.6 Å². The third kappa shape index (κ3) is 5.73. The first-order valence-corrected chi connectivity index (χ1v) is 9.17. The fraction of sp³-hybridized carbons (Fsp3) is 0.421. The minimum Gasteiger partial charge on any atom is -0.357 e. The number of nitrogens with zero attached hydrogens (tertiary/aromatic N) is 5. The minimum atomic E-state index is -0.817. The maximum absolute atomic E-state index is 13.8. The van der Waals surface area contributed by atoms with Gasteiger partial charge in [0.15, 0.2) is 17.6 Å². The summed E-state index contributed by atoms with van der Waals surface area (Å²) in [4.78, 5) is 17.5. The zero-order valence-corrected chi connectivity index (χ0v) is 18.1. The lowest BCUT2D eigenvalue weighted by atomic mass is 10.1. The quantitative estimate of drug-likeness (QED) is 0.387. The zero-order chi connectivity index (χ0) is 19.1. The molecule has 2 heterocycles. The van der Waals surface area contributed by atoms with Gasteiger partial charge in [-0.15, -0.1) is 24.0 Å². The molecule has 0 atom stereocenters. The van der Waals surface area contributed by atoms with Crippen LogP contribution >= 0.6 is 24.0 Å². The Morgan fingerprint density at radius 3 is 2.50 bits per heavy atom. The van der Waals surface area contributed by atoms with Crippen LogP contribution < -0.4 is 10.2 Å². The van der Waals surface area contributed by atoms with Gasteiger partial charge >= 0.3 is 0 Å². The molecule has 0 aliphatic carbocycles. The summed E-state index contributed by atoms with van der Waals surface area (Å²) in [6.45, 7) is 6.33. The molecule has 1 aliphatic heterocycles. The summed E-state index contributed by atoms with van der Waals surface area (Å²) in [7, 11) is 0. The van der Waals surface area contributed by atoms with Gasteiger partial charge in [-0.25, -0.2) is 18.7 Å². The molecule has 0 radical (unpaired) electrons. The van der Waals surface area contributed by atoms with E-state index in [1.165, 1.54) is 6.07 Å². The summed E-state index contributed by atoms with van der Waals surface area (Å²) >= 11 is 0. The number of rotatable bonds is 5. The van der Waals surface area contributed by atoms with Gasteiger partial charge in [0.25, 0.3) is 0 Å². The molecule has 152 valence electrons. The molecule has 0 spiro atoms. The molecule has 0 unspecified atom stereocenters. The SMILES string of the molecule is CCNC(=NCCc1cccc(F)c1F)N1CCN(c2ncccn2)CC1.I. The molecular weight excluding hydrogens is 477 g/mol. The largest absolute Gasteiger partial charge is 0.357 e. The summed E-state index contributed by atoms with van der Waals surface area (Å²) in [5.41, 5.74) is 0.348. The second-order valence-corrected chi connectivity index (χ2v) is 6.22. The third-order valence-electron chi connectivity index (χ3n) is 4.42. The number of nitrogens with one attached hydrogen (secondary N) is 1. The van der Waals surface area contributed by atoms with Gasteiger partial charge in [-0.05, 0) is 31.0 Å². The molecule has 0 amide bonds. The molecule has 1 fully saturated rings. The van der Waals surface area contributed by atoms with Crippen molar-refractivity contribution in [3.63, 3.8) is 0 Å². The molecule has 2 aromatic rings. The Morgan fingerprint density at radius 2 is 1.82 bits per heavy atom. The minimum absolute atomic E-state index is 0. The van der Waals surface area contributed by atoms with E-state index in [4.69, 9.17) is 0 Å². The van der Waals surface area contributed by atoms with Crippen molar-refractivity contribution in [3.8, 4) is 0 Å². The lowest BCUT2D eigenvalue weighted by Gasteiger charge is -2.36. The summed E-state index contributed by atoms with van der Waals surface area (Å²) in [6, 6.07) is 6.05. The molecule has 1 aliphatic rings. The highest BCUT2D eigenvalue weighted by Gasteiger charge is 2.21. The first kappa shape index (κ1) is 22.3. The predicted molar refractivity (Wildman–Crippen MR) is 117 cm³/mol. The van der Waals surface area contributed by atoms with E-state index >= 15 is 0 Å². The molecule has 6 nitrogen and oxygen atoms in total. The van der Waals surface area contributed by atoms with Crippen LogP contribution in [0.3, 0.4) is 0 Å². The second kappa shape index (κ2) is 11.1. The van der Waals surface area contributed by atoms with Crippen molar-refractivity contribution in [1.29, 1.82) is 0 Å². The number of anilines is 1. The smallest absolute Gasteiger partial charge is 0.225 e. The molecule has 1 N–H and O–H groups in total. The van der Waals surface area contributed by atoms with Crippen molar-refractivity contribution < 1.29 is 8.78 Å². The highest BCUT2D eigenvalue weighted by Crippen LogP contribution is 2.13. The monoisotopic (exact) mass is 502 g/mol. The summed E-state index contributed by atoms with van der Waals surface area (Å²) in [5, 5.41) is 3.28. The molecule has 9 heteroatoms. The van der Waals surface area contributed by atoms with Gasteiger partial charge < -0.3 is 15.1 Å². The number of halogens is 3. The number of hydrogen-bond donors (Lipinski definition) is 1. The Balaban J connectivity index is 0.00000280. The van der Waals surface area contributed by atoms with Crippen LogP contribution in [0.15, 0.2) is 41.7 Å². The Labute approximate surface area is 181 Å². The molecule has 1 aromatic carbocycles. The van der Waals surface area contributed by atoms with Gasteiger partial charge in [-0.3, -0.25) is 4.99 Å². The first-order valence-electron chi connectivity index (χ1n) is 9.17. The number of hydrogen-bond acceptors (Lipinski definition) is 4. The van der Waals surface area contributed by atoms with E-state index in [2.05, 4.69) is 30.1 Å².